The molecule has 1 aromatic rings. The molecule has 0 aliphatic carbocycles. The molecule has 4 nitrogen and oxygen atoms in total. The Morgan fingerprint density at radius 3 is 2.42 bits per heavy atom. The summed E-state index contributed by atoms with van der Waals surface area (Å²) in [6.45, 7) is 6.68. The molecule has 0 atom stereocenters. The number of rotatable bonds is 3. The lowest BCUT2D eigenvalue weighted by Crippen LogP contribution is -2.51. The first kappa shape index (κ1) is 14.0. The van der Waals surface area contributed by atoms with Crippen molar-refractivity contribution in [3.8, 4) is 0 Å². The number of guanidine groups is 1. The molecule has 0 radical (unpaired) electrons. The third kappa shape index (κ3) is 3.77. The van der Waals surface area contributed by atoms with E-state index in [-0.39, 0.29) is 0 Å². The molecule has 5 heteroatoms. The molecule has 0 spiro atoms. The van der Waals surface area contributed by atoms with Gasteiger partial charge in [0.1, 0.15) is 0 Å². The number of benzene rings is 1. The van der Waals surface area contributed by atoms with Crippen LogP contribution in [-0.4, -0.2) is 43.6 Å². The maximum atomic E-state index is 5.98. The minimum atomic E-state index is 0.678. The van der Waals surface area contributed by atoms with Crippen molar-refractivity contribution in [1.29, 1.82) is 0 Å². The maximum absolute atomic E-state index is 5.98. The standard InChI is InChI=1S/C14H21ClN4/c1-2-7-17-14(16)19-10-8-18(9-11-19)13-5-3-12(15)4-6-13/h3-6H,2,7-11H2,1H3,(H2,16,17). The van der Waals surface area contributed by atoms with Crippen LogP contribution >= 0.6 is 11.6 Å². The average molecular weight is 281 g/mol. The van der Waals surface area contributed by atoms with Crippen molar-refractivity contribution in [3.63, 3.8) is 0 Å². The highest BCUT2D eigenvalue weighted by Crippen LogP contribution is 2.19. The van der Waals surface area contributed by atoms with Gasteiger partial charge in [0.25, 0.3) is 0 Å². The Balaban J connectivity index is 1.90. The fourth-order valence-electron chi connectivity index (χ4n) is 2.17. The normalized spacial score (nSPS) is 16.8. The zero-order chi connectivity index (χ0) is 13.7. The number of hydrogen-bond acceptors (Lipinski definition) is 2. The molecule has 1 aliphatic heterocycles. The Bertz CT molecular complexity index is 422. The van der Waals surface area contributed by atoms with Gasteiger partial charge in [0.15, 0.2) is 5.96 Å². The van der Waals surface area contributed by atoms with Crippen LogP contribution in [0, 0.1) is 0 Å². The van der Waals surface area contributed by atoms with Crippen LogP contribution in [0.4, 0.5) is 5.69 Å². The van der Waals surface area contributed by atoms with Crippen LogP contribution in [0.15, 0.2) is 29.3 Å². The molecule has 0 aromatic heterocycles. The summed E-state index contributed by atoms with van der Waals surface area (Å²) in [7, 11) is 0. The second-order valence-corrected chi connectivity index (χ2v) is 5.13. The number of aliphatic imine (C=N–C) groups is 1. The molecule has 1 aromatic carbocycles. The van der Waals surface area contributed by atoms with Crippen molar-refractivity contribution < 1.29 is 0 Å². The fraction of sp³-hybridized carbons (Fsp3) is 0.500. The molecule has 1 fully saturated rings. The third-order valence-electron chi connectivity index (χ3n) is 3.29. The van der Waals surface area contributed by atoms with Gasteiger partial charge in [0, 0.05) is 43.4 Å². The zero-order valence-corrected chi connectivity index (χ0v) is 12.1. The van der Waals surface area contributed by atoms with Crippen molar-refractivity contribution >= 4 is 23.2 Å². The van der Waals surface area contributed by atoms with Crippen LogP contribution in [0.25, 0.3) is 0 Å². The van der Waals surface area contributed by atoms with Crippen LogP contribution in [0.3, 0.4) is 0 Å². The summed E-state index contributed by atoms with van der Waals surface area (Å²) in [6.07, 6.45) is 1.03. The van der Waals surface area contributed by atoms with Crippen LogP contribution in [0.1, 0.15) is 13.3 Å². The van der Waals surface area contributed by atoms with Gasteiger partial charge in [-0.25, -0.2) is 0 Å². The lowest BCUT2D eigenvalue weighted by atomic mass is 10.2. The van der Waals surface area contributed by atoms with Crippen molar-refractivity contribution in [1.82, 2.24) is 4.90 Å². The molecule has 104 valence electrons. The summed E-state index contributed by atoms with van der Waals surface area (Å²) in [5.74, 6) is 0.678. The van der Waals surface area contributed by atoms with E-state index in [1.807, 2.05) is 12.1 Å². The summed E-state index contributed by atoms with van der Waals surface area (Å²) in [4.78, 5) is 8.86. The average Bonchev–Trinajstić information content (AvgIpc) is 2.46. The number of halogens is 1. The highest BCUT2D eigenvalue weighted by molar-refractivity contribution is 6.30. The maximum Gasteiger partial charge on any atom is 0.191 e. The van der Waals surface area contributed by atoms with Gasteiger partial charge in [-0.3, -0.25) is 4.99 Å². The predicted octanol–water partition coefficient (Wildman–Crippen LogP) is 2.19. The molecule has 19 heavy (non-hydrogen) atoms. The number of piperazine rings is 1. The topological polar surface area (TPSA) is 44.9 Å². The van der Waals surface area contributed by atoms with E-state index >= 15 is 0 Å². The lowest BCUT2D eigenvalue weighted by Gasteiger charge is -2.36. The van der Waals surface area contributed by atoms with Crippen molar-refractivity contribution in [2.75, 3.05) is 37.6 Å². The minimum Gasteiger partial charge on any atom is -0.370 e. The van der Waals surface area contributed by atoms with Crippen molar-refractivity contribution in [2.45, 2.75) is 13.3 Å². The van der Waals surface area contributed by atoms with Gasteiger partial charge >= 0.3 is 0 Å². The van der Waals surface area contributed by atoms with Gasteiger partial charge in [0.2, 0.25) is 0 Å². The molecule has 1 aliphatic rings. The monoisotopic (exact) mass is 280 g/mol. The SMILES string of the molecule is CCCN=C(N)N1CCN(c2ccc(Cl)cc2)CC1. The van der Waals surface area contributed by atoms with E-state index in [9.17, 15) is 0 Å². The van der Waals surface area contributed by atoms with Crippen molar-refractivity contribution in [3.05, 3.63) is 29.3 Å². The van der Waals surface area contributed by atoms with E-state index < -0.39 is 0 Å². The first-order valence-corrected chi connectivity index (χ1v) is 7.14. The smallest absolute Gasteiger partial charge is 0.191 e. The number of hydrogen-bond donors (Lipinski definition) is 1. The van der Waals surface area contributed by atoms with E-state index in [4.69, 9.17) is 17.3 Å². The van der Waals surface area contributed by atoms with Gasteiger partial charge in [-0.05, 0) is 30.7 Å². The predicted molar refractivity (Wildman–Crippen MR) is 82.0 cm³/mol. The van der Waals surface area contributed by atoms with Gasteiger partial charge < -0.3 is 15.5 Å². The van der Waals surface area contributed by atoms with Crippen LogP contribution < -0.4 is 10.6 Å². The molecule has 0 bridgehead atoms. The Kier molecular flexibility index (Phi) is 4.91. The van der Waals surface area contributed by atoms with Crippen molar-refractivity contribution in [2.24, 2.45) is 10.7 Å². The van der Waals surface area contributed by atoms with Crippen LogP contribution in [0.2, 0.25) is 5.02 Å². The molecule has 0 saturated carbocycles. The summed E-state index contributed by atoms with van der Waals surface area (Å²) >= 11 is 5.90. The second kappa shape index (κ2) is 6.66. The van der Waals surface area contributed by atoms with Gasteiger partial charge in [-0.2, -0.15) is 0 Å². The highest BCUT2D eigenvalue weighted by atomic mass is 35.5. The second-order valence-electron chi connectivity index (χ2n) is 4.69. The quantitative estimate of drug-likeness (QED) is 0.682. The van der Waals surface area contributed by atoms with Crippen LogP contribution in [0.5, 0.6) is 0 Å². The third-order valence-corrected chi connectivity index (χ3v) is 3.54. The molecule has 2 rings (SSSR count). The summed E-state index contributed by atoms with van der Waals surface area (Å²) < 4.78 is 0. The highest BCUT2D eigenvalue weighted by Gasteiger charge is 2.18. The van der Waals surface area contributed by atoms with Gasteiger partial charge in [-0.15, -0.1) is 0 Å². The van der Waals surface area contributed by atoms with Crippen LogP contribution in [-0.2, 0) is 0 Å². The lowest BCUT2D eigenvalue weighted by molar-refractivity contribution is 0.381. The molecular weight excluding hydrogens is 260 g/mol. The van der Waals surface area contributed by atoms with E-state index in [0.717, 1.165) is 44.2 Å². The summed E-state index contributed by atoms with van der Waals surface area (Å²) in [5.41, 5.74) is 7.19. The molecular formula is C14H21ClN4. The fourth-order valence-corrected chi connectivity index (χ4v) is 2.30. The molecule has 0 amide bonds. The minimum absolute atomic E-state index is 0.678. The molecule has 0 unspecified atom stereocenters. The Labute approximate surface area is 119 Å². The molecule has 2 N–H and O–H groups in total. The molecule has 1 heterocycles. The molecule has 1 saturated heterocycles. The van der Waals surface area contributed by atoms with E-state index in [2.05, 4.69) is 33.8 Å². The van der Waals surface area contributed by atoms with Gasteiger partial charge in [0.05, 0.1) is 0 Å². The van der Waals surface area contributed by atoms with E-state index in [1.165, 1.54) is 5.69 Å². The first-order chi connectivity index (χ1) is 9.20. The van der Waals surface area contributed by atoms with Gasteiger partial charge in [-0.1, -0.05) is 18.5 Å². The first-order valence-electron chi connectivity index (χ1n) is 6.76. The Morgan fingerprint density at radius 2 is 1.84 bits per heavy atom. The largest absolute Gasteiger partial charge is 0.370 e. The van der Waals surface area contributed by atoms with E-state index in [1.54, 1.807) is 0 Å². The summed E-state index contributed by atoms with van der Waals surface area (Å²) in [5, 5.41) is 0.776. The number of anilines is 1. The zero-order valence-electron chi connectivity index (χ0n) is 11.3. The Hall–Kier alpha value is -1.42. The summed E-state index contributed by atoms with van der Waals surface area (Å²) in [6, 6.07) is 7.99. The van der Waals surface area contributed by atoms with E-state index in [0.29, 0.717) is 5.96 Å². The number of nitrogens with two attached hydrogens (primary N) is 1. The number of nitrogens with zero attached hydrogens (tertiary/aromatic N) is 3. The Morgan fingerprint density at radius 1 is 1.21 bits per heavy atom.